The fourth-order valence-electron chi connectivity index (χ4n) is 3.70. The van der Waals surface area contributed by atoms with Crippen LogP contribution in [0.5, 0.6) is 5.75 Å². The minimum absolute atomic E-state index is 0.0259. The highest BCUT2D eigenvalue weighted by Crippen LogP contribution is 2.30. The molecule has 2 heterocycles. The van der Waals surface area contributed by atoms with E-state index in [1.54, 1.807) is 24.3 Å². The van der Waals surface area contributed by atoms with Crippen molar-refractivity contribution < 1.29 is 29.6 Å². The number of carbonyl (C=O) groups is 1. The lowest BCUT2D eigenvalue weighted by atomic mass is 9.96. The van der Waals surface area contributed by atoms with E-state index in [2.05, 4.69) is 10.4 Å². The van der Waals surface area contributed by atoms with Gasteiger partial charge in [-0.1, -0.05) is 18.5 Å². The molecule has 0 aliphatic carbocycles. The topological polar surface area (TPSA) is 131 Å². The van der Waals surface area contributed by atoms with Crippen molar-refractivity contribution in [2.24, 2.45) is 0 Å². The number of aliphatic hydroxyl groups is 3. The van der Waals surface area contributed by atoms with E-state index in [0.717, 1.165) is 6.42 Å². The summed E-state index contributed by atoms with van der Waals surface area (Å²) in [5, 5.41) is 38.3. The third-order valence-corrected chi connectivity index (χ3v) is 6.26. The second-order valence-corrected chi connectivity index (χ2v) is 8.77. The first-order valence-electron chi connectivity index (χ1n) is 10.7. The lowest BCUT2D eigenvalue weighted by Gasteiger charge is -2.42. The Morgan fingerprint density at radius 1 is 1.33 bits per heavy atom. The molecule has 10 nitrogen and oxygen atoms in total. The molecule has 0 bridgehead atoms. The van der Waals surface area contributed by atoms with Crippen molar-refractivity contribution in [2.75, 3.05) is 6.61 Å². The predicted octanol–water partition coefficient (Wildman–Crippen LogP) is 1.73. The lowest BCUT2D eigenvalue weighted by molar-refractivity contribution is -0.219. The lowest BCUT2D eigenvalue weighted by Crippen LogP contribution is -2.62. The smallest absolute Gasteiger partial charge is 0.217 e. The first-order chi connectivity index (χ1) is 15.7. The maximum Gasteiger partial charge on any atom is 0.217 e. The number of rotatable bonds is 8. The fourth-order valence-corrected chi connectivity index (χ4v) is 4.26. The van der Waals surface area contributed by atoms with Crippen molar-refractivity contribution in [1.29, 1.82) is 0 Å². The van der Waals surface area contributed by atoms with Gasteiger partial charge in [0.1, 0.15) is 36.7 Å². The first-order valence-corrected chi connectivity index (χ1v) is 11.4. The summed E-state index contributed by atoms with van der Waals surface area (Å²) in [5.74, 6) is 0.677. The third kappa shape index (κ3) is 5.56. The second-order valence-electron chi connectivity index (χ2n) is 7.97. The molecule has 3 rings (SSSR count). The SMILES string of the molecule is CCC(C)n1c(COc2ccc(Cl)cc2)nn([C@@H]2O[C@H](CO)[C@@H](O)[C@H](O)[C@H]2NC(C)=O)c1=S. The molecule has 0 saturated carbocycles. The molecular weight excluding hydrogens is 472 g/mol. The van der Waals surface area contributed by atoms with Crippen LogP contribution in [-0.4, -0.2) is 66.5 Å². The monoisotopic (exact) mass is 500 g/mol. The normalized spacial score (nSPS) is 26.1. The zero-order valence-corrected chi connectivity index (χ0v) is 20.2. The standard InChI is InChI=1S/C21H29ClN4O6S/c1-4-11(2)25-16(10-31-14-7-5-13(22)6-8-14)24-26(21(25)33)20-17(23-12(3)28)19(30)18(29)15(9-27)32-20/h5-8,11,15,17-20,27,29-30H,4,9-10H2,1-3H3,(H,23,28)/t11?,15-,17-,18-,19-,20-/m1/s1. The average Bonchev–Trinajstić information content (AvgIpc) is 3.12. The summed E-state index contributed by atoms with van der Waals surface area (Å²) in [7, 11) is 0. The molecular formula is C21H29ClN4O6S. The maximum absolute atomic E-state index is 11.8. The molecule has 2 aromatic rings. The van der Waals surface area contributed by atoms with E-state index < -0.39 is 43.1 Å². The van der Waals surface area contributed by atoms with Crippen LogP contribution in [0.3, 0.4) is 0 Å². The van der Waals surface area contributed by atoms with Gasteiger partial charge in [0.05, 0.1) is 6.61 Å². The van der Waals surface area contributed by atoms with Crippen molar-refractivity contribution in [3.8, 4) is 5.75 Å². The van der Waals surface area contributed by atoms with Crippen LogP contribution in [0.4, 0.5) is 0 Å². The minimum Gasteiger partial charge on any atom is -0.486 e. The van der Waals surface area contributed by atoms with Gasteiger partial charge in [0, 0.05) is 18.0 Å². The molecule has 0 spiro atoms. The molecule has 1 unspecified atom stereocenters. The van der Waals surface area contributed by atoms with Crippen molar-refractivity contribution in [3.63, 3.8) is 0 Å². The molecule has 1 fully saturated rings. The molecule has 182 valence electrons. The number of nitrogens with zero attached hydrogens (tertiary/aromatic N) is 3. The fraction of sp³-hybridized carbons (Fsp3) is 0.571. The Morgan fingerprint density at radius 3 is 2.58 bits per heavy atom. The van der Waals surface area contributed by atoms with Gasteiger partial charge in [-0.25, -0.2) is 4.68 Å². The number of nitrogens with one attached hydrogen (secondary N) is 1. The Kier molecular flexibility index (Phi) is 8.48. The molecule has 1 aromatic heterocycles. The van der Waals surface area contributed by atoms with E-state index in [-0.39, 0.29) is 12.6 Å². The zero-order chi connectivity index (χ0) is 24.3. The summed E-state index contributed by atoms with van der Waals surface area (Å²) in [6, 6.07) is 5.84. The summed E-state index contributed by atoms with van der Waals surface area (Å²) in [6.07, 6.45) is -4.19. The van der Waals surface area contributed by atoms with Gasteiger partial charge in [-0.15, -0.1) is 0 Å². The van der Waals surface area contributed by atoms with Gasteiger partial charge in [-0.05, 0) is 49.8 Å². The Hall–Kier alpha value is -2.02. The molecule has 1 aliphatic rings. The highest BCUT2D eigenvalue weighted by Gasteiger charge is 2.46. The molecule has 4 N–H and O–H groups in total. The second kappa shape index (κ2) is 10.9. The van der Waals surface area contributed by atoms with E-state index in [1.165, 1.54) is 11.6 Å². The third-order valence-electron chi connectivity index (χ3n) is 5.63. The van der Waals surface area contributed by atoms with Gasteiger partial charge in [-0.3, -0.25) is 9.36 Å². The maximum atomic E-state index is 11.8. The predicted molar refractivity (Wildman–Crippen MR) is 122 cm³/mol. The zero-order valence-electron chi connectivity index (χ0n) is 18.6. The Morgan fingerprint density at radius 2 is 2.00 bits per heavy atom. The number of hydrogen-bond donors (Lipinski definition) is 4. The summed E-state index contributed by atoms with van der Waals surface area (Å²) >= 11 is 11.6. The number of amides is 1. The van der Waals surface area contributed by atoms with Gasteiger partial charge in [-0.2, -0.15) is 5.10 Å². The van der Waals surface area contributed by atoms with Crippen LogP contribution >= 0.6 is 23.8 Å². The summed E-state index contributed by atoms with van der Waals surface area (Å²) in [4.78, 5) is 11.8. The van der Waals surface area contributed by atoms with Crippen LogP contribution in [-0.2, 0) is 16.1 Å². The summed E-state index contributed by atoms with van der Waals surface area (Å²) in [5.41, 5.74) is 0. The number of hydrogen-bond acceptors (Lipinski definition) is 8. The van der Waals surface area contributed by atoms with Gasteiger partial charge >= 0.3 is 0 Å². The molecule has 33 heavy (non-hydrogen) atoms. The molecule has 1 aromatic carbocycles. The molecule has 12 heteroatoms. The van der Waals surface area contributed by atoms with E-state index in [9.17, 15) is 20.1 Å². The van der Waals surface area contributed by atoms with Crippen LogP contribution in [0.15, 0.2) is 24.3 Å². The highest BCUT2D eigenvalue weighted by molar-refractivity contribution is 7.71. The average molecular weight is 501 g/mol. The first kappa shape index (κ1) is 25.6. The molecule has 1 saturated heterocycles. The van der Waals surface area contributed by atoms with Crippen LogP contribution in [0.1, 0.15) is 45.3 Å². The van der Waals surface area contributed by atoms with Crippen LogP contribution in [0, 0.1) is 4.77 Å². The van der Waals surface area contributed by atoms with Crippen LogP contribution < -0.4 is 10.1 Å². The number of halogens is 1. The number of benzene rings is 1. The molecule has 0 radical (unpaired) electrons. The van der Waals surface area contributed by atoms with Crippen molar-refractivity contribution in [2.45, 2.75) is 70.4 Å². The van der Waals surface area contributed by atoms with E-state index >= 15 is 0 Å². The van der Waals surface area contributed by atoms with Gasteiger partial charge < -0.3 is 30.1 Å². The van der Waals surface area contributed by atoms with Gasteiger partial charge in [0.2, 0.25) is 10.7 Å². The van der Waals surface area contributed by atoms with Crippen molar-refractivity contribution in [1.82, 2.24) is 19.7 Å². The quantitative estimate of drug-likeness (QED) is 0.403. The van der Waals surface area contributed by atoms with Crippen molar-refractivity contribution >= 4 is 29.7 Å². The number of ether oxygens (including phenoxy) is 2. The highest BCUT2D eigenvalue weighted by atomic mass is 35.5. The van der Waals surface area contributed by atoms with Gasteiger partial charge in [0.15, 0.2) is 12.1 Å². The Balaban J connectivity index is 2.00. The molecule has 6 atom stereocenters. The largest absolute Gasteiger partial charge is 0.486 e. The molecule has 1 amide bonds. The van der Waals surface area contributed by atoms with Crippen LogP contribution in [0.25, 0.3) is 0 Å². The van der Waals surface area contributed by atoms with Crippen LogP contribution in [0.2, 0.25) is 5.02 Å². The number of aliphatic hydroxyl groups excluding tert-OH is 3. The number of carbonyl (C=O) groups excluding carboxylic acids is 1. The van der Waals surface area contributed by atoms with Gasteiger partial charge in [0.25, 0.3) is 0 Å². The summed E-state index contributed by atoms with van der Waals surface area (Å²) in [6.45, 7) is 4.83. The van der Waals surface area contributed by atoms with E-state index in [0.29, 0.717) is 21.4 Å². The number of aromatic nitrogens is 3. The summed E-state index contributed by atoms with van der Waals surface area (Å²) < 4.78 is 15.2. The molecule has 1 aliphatic heterocycles. The van der Waals surface area contributed by atoms with E-state index in [1.807, 2.05) is 18.4 Å². The Labute approximate surface area is 201 Å². The van der Waals surface area contributed by atoms with E-state index in [4.69, 9.17) is 33.3 Å². The Bertz CT molecular complexity index is 1010. The van der Waals surface area contributed by atoms with Crippen molar-refractivity contribution in [3.05, 3.63) is 39.9 Å². The minimum atomic E-state index is -1.41.